The summed E-state index contributed by atoms with van der Waals surface area (Å²) in [5.74, 6) is 0.363. The standard InChI is InChI=1S/C10H20N2O2.ClH/c1-7-5-12(6-8(7)11)9(13)14-10(2,3)4;/h7-8H,5-6,11H2,1-4H3;1H/t7-,8-;/m1./s1. The fraction of sp³-hybridized carbons (Fsp3) is 0.900. The Morgan fingerprint density at radius 2 is 1.93 bits per heavy atom. The van der Waals surface area contributed by atoms with E-state index in [1.807, 2.05) is 20.8 Å². The SMILES string of the molecule is C[C@@H]1CN(C(=O)OC(C)(C)C)C[C@H]1N.Cl. The third kappa shape index (κ3) is 4.26. The van der Waals surface area contributed by atoms with Crippen molar-refractivity contribution in [1.82, 2.24) is 4.90 Å². The summed E-state index contributed by atoms with van der Waals surface area (Å²) in [5.41, 5.74) is 5.40. The van der Waals surface area contributed by atoms with Crippen molar-refractivity contribution in [2.45, 2.75) is 39.3 Å². The number of likely N-dealkylation sites (tertiary alicyclic amines) is 1. The molecule has 2 atom stereocenters. The summed E-state index contributed by atoms with van der Waals surface area (Å²) in [5, 5.41) is 0. The van der Waals surface area contributed by atoms with E-state index in [1.165, 1.54) is 0 Å². The summed E-state index contributed by atoms with van der Waals surface area (Å²) in [6.07, 6.45) is -0.252. The van der Waals surface area contributed by atoms with E-state index in [9.17, 15) is 4.79 Å². The van der Waals surface area contributed by atoms with Crippen LogP contribution in [0.15, 0.2) is 0 Å². The van der Waals surface area contributed by atoms with E-state index >= 15 is 0 Å². The van der Waals surface area contributed by atoms with Crippen LogP contribution in [-0.4, -0.2) is 35.7 Å². The highest BCUT2D eigenvalue weighted by Crippen LogP contribution is 2.17. The van der Waals surface area contributed by atoms with Gasteiger partial charge in [0.05, 0.1) is 0 Å². The Kier molecular flexibility index (Phi) is 4.87. The van der Waals surface area contributed by atoms with Gasteiger partial charge in [-0.3, -0.25) is 0 Å². The Morgan fingerprint density at radius 1 is 1.40 bits per heavy atom. The van der Waals surface area contributed by atoms with Gasteiger partial charge in [0, 0.05) is 19.1 Å². The van der Waals surface area contributed by atoms with E-state index in [4.69, 9.17) is 10.5 Å². The number of hydrogen-bond acceptors (Lipinski definition) is 3. The quantitative estimate of drug-likeness (QED) is 0.696. The van der Waals surface area contributed by atoms with Crippen molar-refractivity contribution in [3.8, 4) is 0 Å². The second-order valence-electron chi connectivity index (χ2n) is 5.03. The zero-order valence-corrected chi connectivity index (χ0v) is 10.6. The molecule has 2 N–H and O–H groups in total. The highest BCUT2D eigenvalue weighted by atomic mass is 35.5. The van der Waals surface area contributed by atoms with Crippen LogP contribution >= 0.6 is 12.4 Å². The Hall–Kier alpha value is -0.480. The van der Waals surface area contributed by atoms with Crippen LogP contribution in [0.2, 0.25) is 0 Å². The minimum Gasteiger partial charge on any atom is -0.444 e. The third-order valence-electron chi connectivity index (χ3n) is 2.32. The number of nitrogens with zero attached hydrogens (tertiary/aromatic N) is 1. The molecule has 0 aliphatic carbocycles. The topological polar surface area (TPSA) is 55.6 Å². The lowest BCUT2D eigenvalue weighted by Crippen LogP contribution is -2.36. The highest BCUT2D eigenvalue weighted by Gasteiger charge is 2.32. The number of ether oxygens (including phenoxy) is 1. The first kappa shape index (κ1) is 14.5. The van der Waals surface area contributed by atoms with Crippen molar-refractivity contribution >= 4 is 18.5 Å². The van der Waals surface area contributed by atoms with Gasteiger partial charge in [-0.25, -0.2) is 4.79 Å². The average Bonchev–Trinajstić information content (AvgIpc) is 2.28. The zero-order chi connectivity index (χ0) is 10.9. The van der Waals surface area contributed by atoms with Gasteiger partial charge in [0.2, 0.25) is 0 Å². The van der Waals surface area contributed by atoms with Crippen LogP contribution in [-0.2, 0) is 4.74 Å². The summed E-state index contributed by atoms with van der Waals surface area (Å²) in [7, 11) is 0. The number of carbonyl (C=O) groups excluding carboxylic acids is 1. The van der Waals surface area contributed by atoms with Crippen LogP contribution in [0.5, 0.6) is 0 Å². The molecule has 0 saturated carbocycles. The van der Waals surface area contributed by atoms with Gasteiger partial charge >= 0.3 is 6.09 Å². The number of rotatable bonds is 0. The molecule has 4 nitrogen and oxygen atoms in total. The van der Waals surface area contributed by atoms with Gasteiger partial charge in [-0.1, -0.05) is 6.92 Å². The van der Waals surface area contributed by atoms with Crippen molar-refractivity contribution in [3.05, 3.63) is 0 Å². The predicted molar refractivity (Wildman–Crippen MR) is 62.2 cm³/mol. The summed E-state index contributed by atoms with van der Waals surface area (Å²) < 4.78 is 5.25. The molecule has 1 fully saturated rings. The lowest BCUT2D eigenvalue weighted by molar-refractivity contribution is 0.0287. The van der Waals surface area contributed by atoms with Gasteiger partial charge < -0.3 is 15.4 Å². The maximum Gasteiger partial charge on any atom is 0.410 e. The predicted octanol–water partition coefficient (Wildman–Crippen LogP) is 1.62. The number of amides is 1. The maximum absolute atomic E-state index is 11.6. The molecule has 0 spiro atoms. The van der Waals surface area contributed by atoms with Gasteiger partial charge in [0.25, 0.3) is 0 Å². The minimum absolute atomic E-state index is 0. The summed E-state index contributed by atoms with van der Waals surface area (Å²) in [6, 6.07) is 0.0857. The van der Waals surface area contributed by atoms with Gasteiger partial charge in [-0.05, 0) is 26.7 Å². The lowest BCUT2D eigenvalue weighted by Gasteiger charge is -2.24. The molecule has 15 heavy (non-hydrogen) atoms. The number of carbonyl (C=O) groups is 1. The van der Waals surface area contributed by atoms with Crippen LogP contribution in [0.3, 0.4) is 0 Å². The molecule has 0 unspecified atom stereocenters. The molecule has 1 rings (SSSR count). The summed E-state index contributed by atoms with van der Waals surface area (Å²) >= 11 is 0. The number of nitrogens with two attached hydrogens (primary N) is 1. The van der Waals surface area contributed by atoms with Crippen molar-refractivity contribution < 1.29 is 9.53 Å². The van der Waals surface area contributed by atoms with Crippen molar-refractivity contribution in [3.63, 3.8) is 0 Å². The molecule has 1 heterocycles. The Morgan fingerprint density at radius 3 is 2.27 bits per heavy atom. The maximum atomic E-state index is 11.6. The van der Waals surface area contributed by atoms with E-state index in [0.717, 1.165) is 0 Å². The van der Waals surface area contributed by atoms with E-state index in [1.54, 1.807) is 4.90 Å². The van der Waals surface area contributed by atoms with Crippen molar-refractivity contribution in [2.24, 2.45) is 11.7 Å². The van der Waals surface area contributed by atoms with E-state index in [0.29, 0.717) is 19.0 Å². The van der Waals surface area contributed by atoms with Crippen LogP contribution in [0, 0.1) is 5.92 Å². The molecule has 1 saturated heterocycles. The van der Waals surface area contributed by atoms with Gasteiger partial charge in [-0.15, -0.1) is 12.4 Å². The fourth-order valence-electron chi connectivity index (χ4n) is 1.47. The van der Waals surface area contributed by atoms with Crippen molar-refractivity contribution in [1.29, 1.82) is 0 Å². The minimum atomic E-state index is -0.424. The second kappa shape index (κ2) is 5.03. The number of hydrogen-bond donors (Lipinski definition) is 1. The first-order chi connectivity index (χ1) is 6.29. The first-order valence-corrected chi connectivity index (χ1v) is 5.03. The highest BCUT2D eigenvalue weighted by molar-refractivity contribution is 5.85. The van der Waals surface area contributed by atoms with E-state index in [-0.39, 0.29) is 24.5 Å². The average molecular weight is 237 g/mol. The van der Waals surface area contributed by atoms with Crippen LogP contribution in [0.4, 0.5) is 4.79 Å². The molecular weight excluding hydrogens is 216 g/mol. The largest absolute Gasteiger partial charge is 0.444 e. The fourth-order valence-corrected chi connectivity index (χ4v) is 1.47. The van der Waals surface area contributed by atoms with Gasteiger partial charge in [0.15, 0.2) is 0 Å². The monoisotopic (exact) mass is 236 g/mol. The molecule has 0 radical (unpaired) electrons. The normalized spacial score (nSPS) is 26.1. The molecule has 1 aliphatic heterocycles. The molecule has 5 heteroatoms. The lowest BCUT2D eigenvalue weighted by atomic mass is 10.1. The van der Waals surface area contributed by atoms with Gasteiger partial charge in [-0.2, -0.15) is 0 Å². The molecular formula is C10H21ClN2O2. The second-order valence-corrected chi connectivity index (χ2v) is 5.03. The van der Waals surface area contributed by atoms with Crippen LogP contribution in [0.1, 0.15) is 27.7 Å². The zero-order valence-electron chi connectivity index (χ0n) is 9.82. The summed E-state index contributed by atoms with van der Waals surface area (Å²) in [6.45, 7) is 8.96. The summed E-state index contributed by atoms with van der Waals surface area (Å²) in [4.78, 5) is 13.3. The Balaban J connectivity index is 0.00000196. The third-order valence-corrected chi connectivity index (χ3v) is 2.32. The molecule has 0 aromatic heterocycles. The molecule has 90 valence electrons. The number of halogens is 1. The van der Waals surface area contributed by atoms with E-state index in [2.05, 4.69) is 6.92 Å². The molecule has 0 aromatic carbocycles. The molecule has 1 aliphatic rings. The first-order valence-electron chi connectivity index (χ1n) is 5.03. The Bertz CT molecular complexity index is 218. The Labute approximate surface area is 97.5 Å². The van der Waals surface area contributed by atoms with E-state index < -0.39 is 5.60 Å². The molecule has 0 bridgehead atoms. The molecule has 0 aromatic rings. The van der Waals surface area contributed by atoms with Crippen LogP contribution < -0.4 is 5.73 Å². The van der Waals surface area contributed by atoms with Crippen LogP contribution in [0.25, 0.3) is 0 Å². The smallest absolute Gasteiger partial charge is 0.410 e. The van der Waals surface area contributed by atoms with Gasteiger partial charge in [0.1, 0.15) is 5.60 Å². The van der Waals surface area contributed by atoms with Crippen molar-refractivity contribution in [2.75, 3.05) is 13.1 Å². The molecule has 1 amide bonds.